The summed E-state index contributed by atoms with van der Waals surface area (Å²) in [5.74, 6) is 3.55. The number of aliphatic hydroxyl groups is 2. The molecule has 190 valence electrons. The van der Waals surface area contributed by atoms with Crippen LogP contribution in [0, 0.1) is 56.7 Å². The molecule has 0 radical (unpaired) electrons. The highest BCUT2D eigenvalue weighted by Crippen LogP contribution is 2.76. The van der Waals surface area contributed by atoms with Gasteiger partial charge in [-0.1, -0.05) is 73.5 Å². The molecule has 0 aromatic heterocycles. The lowest BCUT2D eigenvalue weighted by atomic mass is 9.35. The summed E-state index contributed by atoms with van der Waals surface area (Å²) in [6.07, 6.45) is 14.4. The van der Waals surface area contributed by atoms with Crippen LogP contribution in [0.1, 0.15) is 113 Å². The van der Waals surface area contributed by atoms with Crippen molar-refractivity contribution in [3.8, 4) is 0 Å². The van der Waals surface area contributed by atoms with E-state index in [0.717, 1.165) is 31.3 Å². The second-order valence-corrected chi connectivity index (χ2v) is 14.8. The number of fused-ring (bicyclic) bond motifs is 7. The van der Waals surface area contributed by atoms with Crippen LogP contribution in [0.2, 0.25) is 0 Å². The van der Waals surface area contributed by atoms with Crippen LogP contribution in [0.5, 0.6) is 0 Å². The molecule has 5 aliphatic rings. The molecule has 0 amide bonds. The van der Waals surface area contributed by atoms with Crippen LogP contribution in [0.4, 0.5) is 0 Å². The third kappa shape index (κ3) is 3.24. The SMILES string of the molecule is CC(C)[C@H]1CC[C@@H]2[C@]1(C)CC[C@]1(C)[C@H]3C[C@H](O)[C@H]4C(C)(C)CCC[C@]4(C)C3=CC[C@@]21C.CO. The van der Waals surface area contributed by atoms with Crippen LogP contribution >= 0.6 is 0 Å². The minimum Gasteiger partial charge on any atom is -0.400 e. The Kier molecular flexibility index (Phi) is 6.31. The maximum atomic E-state index is 11.7. The largest absolute Gasteiger partial charge is 0.400 e. The lowest BCUT2D eigenvalue weighted by Gasteiger charge is -2.69. The molecule has 0 aromatic carbocycles. The Hall–Kier alpha value is -0.340. The average Bonchev–Trinajstić information content (AvgIpc) is 3.09. The number of hydrogen-bond donors (Lipinski definition) is 2. The van der Waals surface area contributed by atoms with Gasteiger partial charge in [-0.25, -0.2) is 0 Å². The van der Waals surface area contributed by atoms with Crippen molar-refractivity contribution in [3.05, 3.63) is 11.6 Å². The molecule has 0 bridgehead atoms. The predicted molar refractivity (Wildman–Crippen MR) is 139 cm³/mol. The molecule has 5 aliphatic carbocycles. The fourth-order valence-electron chi connectivity index (χ4n) is 11.5. The summed E-state index contributed by atoms with van der Waals surface area (Å²) in [6, 6.07) is 0. The first-order chi connectivity index (χ1) is 15.3. The van der Waals surface area contributed by atoms with Crippen LogP contribution in [-0.2, 0) is 0 Å². The van der Waals surface area contributed by atoms with Gasteiger partial charge >= 0.3 is 0 Å². The van der Waals surface area contributed by atoms with E-state index >= 15 is 0 Å². The number of rotatable bonds is 1. The Morgan fingerprint density at radius 3 is 2.18 bits per heavy atom. The third-order valence-electron chi connectivity index (χ3n) is 12.9. The van der Waals surface area contributed by atoms with Gasteiger partial charge in [0.25, 0.3) is 0 Å². The second kappa shape index (κ2) is 8.09. The topological polar surface area (TPSA) is 40.5 Å². The van der Waals surface area contributed by atoms with Gasteiger partial charge in [0.1, 0.15) is 0 Å². The van der Waals surface area contributed by atoms with Crippen molar-refractivity contribution in [1.82, 2.24) is 0 Å². The first kappa shape index (κ1) is 25.7. The van der Waals surface area contributed by atoms with E-state index in [9.17, 15) is 5.11 Å². The summed E-state index contributed by atoms with van der Waals surface area (Å²) in [5, 5.41) is 18.7. The zero-order valence-corrected chi connectivity index (χ0v) is 23.3. The van der Waals surface area contributed by atoms with E-state index < -0.39 is 0 Å². The van der Waals surface area contributed by atoms with Crippen LogP contribution < -0.4 is 0 Å². The van der Waals surface area contributed by atoms with Crippen molar-refractivity contribution >= 4 is 0 Å². The normalized spacial score (nSPS) is 52.5. The van der Waals surface area contributed by atoms with Crippen molar-refractivity contribution < 1.29 is 10.2 Å². The van der Waals surface area contributed by atoms with Crippen LogP contribution in [0.15, 0.2) is 11.6 Å². The molecule has 0 unspecified atom stereocenters. The van der Waals surface area contributed by atoms with E-state index in [4.69, 9.17) is 5.11 Å². The molecule has 0 aromatic rings. The number of hydrogen-bond acceptors (Lipinski definition) is 2. The summed E-state index contributed by atoms with van der Waals surface area (Å²) < 4.78 is 0. The van der Waals surface area contributed by atoms with Gasteiger partial charge in [0.2, 0.25) is 0 Å². The Morgan fingerprint density at radius 2 is 1.55 bits per heavy atom. The Labute approximate surface area is 205 Å². The lowest BCUT2D eigenvalue weighted by Crippen LogP contribution is -2.63. The highest BCUT2D eigenvalue weighted by atomic mass is 16.3. The quantitative estimate of drug-likeness (QED) is 0.396. The van der Waals surface area contributed by atoms with E-state index in [1.54, 1.807) is 5.57 Å². The molecule has 5 rings (SSSR count). The number of aliphatic hydroxyl groups excluding tert-OH is 2. The molecular formula is C31H54O2. The van der Waals surface area contributed by atoms with Crippen molar-refractivity contribution in [1.29, 1.82) is 0 Å². The van der Waals surface area contributed by atoms with Crippen molar-refractivity contribution in [2.75, 3.05) is 7.11 Å². The van der Waals surface area contributed by atoms with Gasteiger partial charge in [-0.3, -0.25) is 0 Å². The highest BCUT2D eigenvalue weighted by molar-refractivity contribution is 5.33. The first-order valence-corrected chi connectivity index (χ1v) is 14.1. The number of allylic oxidation sites excluding steroid dienone is 2. The second-order valence-electron chi connectivity index (χ2n) is 14.8. The molecule has 0 spiro atoms. The Balaban J connectivity index is 0.00000126. The van der Waals surface area contributed by atoms with E-state index in [2.05, 4.69) is 61.5 Å². The molecule has 0 heterocycles. The maximum absolute atomic E-state index is 11.7. The molecule has 4 fully saturated rings. The smallest absolute Gasteiger partial charge is 0.0587 e. The minimum absolute atomic E-state index is 0.137. The van der Waals surface area contributed by atoms with Gasteiger partial charge in [0, 0.05) is 7.11 Å². The molecule has 2 heteroatoms. The molecule has 0 saturated heterocycles. The summed E-state index contributed by atoms with van der Waals surface area (Å²) in [5.41, 5.74) is 3.46. The average molecular weight is 459 g/mol. The molecule has 9 atom stereocenters. The molecule has 33 heavy (non-hydrogen) atoms. The van der Waals surface area contributed by atoms with E-state index in [0.29, 0.717) is 28.1 Å². The first-order valence-electron chi connectivity index (χ1n) is 14.1. The maximum Gasteiger partial charge on any atom is 0.0587 e. The van der Waals surface area contributed by atoms with Gasteiger partial charge in [0.15, 0.2) is 0 Å². The highest BCUT2D eigenvalue weighted by Gasteiger charge is 2.68. The monoisotopic (exact) mass is 458 g/mol. The predicted octanol–water partition coefficient (Wildman–Crippen LogP) is 7.63. The van der Waals surface area contributed by atoms with Gasteiger partial charge in [-0.05, 0) is 108 Å². The van der Waals surface area contributed by atoms with Crippen molar-refractivity contribution in [3.63, 3.8) is 0 Å². The summed E-state index contributed by atoms with van der Waals surface area (Å²) in [6.45, 7) is 20.4. The summed E-state index contributed by atoms with van der Waals surface area (Å²) in [7, 11) is 1.00. The third-order valence-corrected chi connectivity index (χ3v) is 12.9. The lowest BCUT2D eigenvalue weighted by molar-refractivity contribution is -0.176. The van der Waals surface area contributed by atoms with E-state index in [-0.39, 0.29) is 16.9 Å². The molecular weight excluding hydrogens is 404 g/mol. The minimum atomic E-state index is -0.137. The van der Waals surface area contributed by atoms with Crippen LogP contribution in [0.3, 0.4) is 0 Å². The van der Waals surface area contributed by atoms with Crippen LogP contribution in [-0.4, -0.2) is 23.4 Å². The van der Waals surface area contributed by atoms with Crippen molar-refractivity contribution in [2.45, 2.75) is 119 Å². The molecule has 0 aliphatic heterocycles. The standard InChI is InChI=1S/C30H50O.CH4O/c1-19(2)20-10-11-24-27(20,5)16-17-29(7)22-18-23(31)25-26(3,4)13-9-14-28(25,6)21(22)12-15-30(24,29)8;1-2/h12,19-20,22-25,31H,9-11,13-18H2,1-8H3;2H,1H3/t20-,22+,23+,24-,25+,27-,28-,29-,30+;/m1./s1. The van der Waals surface area contributed by atoms with Gasteiger partial charge in [0.05, 0.1) is 6.10 Å². The van der Waals surface area contributed by atoms with E-state index in [1.807, 2.05) is 0 Å². The molecule has 2 nitrogen and oxygen atoms in total. The fraction of sp³-hybridized carbons (Fsp3) is 0.935. The van der Waals surface area contributed by atoms with Crippen molar-refractivity contribution in [2.24, 2.45) is 56.7 Å². The van der Waals surface area contributed by atoms with Gasteiger partial charge < -0.3 is 10.2 Å². The molecule has 4 saturated carbocycles. The fourth-order valence-corrected chi connectivity index (χ4v) is 11.5. The Morgan fingerprint density at radius 1 is 0.879 bits per heavy atom. The zero-order chi connectivity index (χ0) is 24.6. The summed E-state index contributed by atoms with van der Waals surface area (Å²) >= 11 is 0. The van der Waals surface area contributed by atoms with Gasteiger partial charge in [-0.2, -0.15) is 0 Å². The van der Waals surface area contributed by atoms with Gasteiger partial charge in [-0.15, -0.1) is 0 Å². The van der Waals surface area contributed by atoms with E-state index in [1.165, 1.54) is 51.4 Å². The molecule has 2 N–H and O–H groups in total. The Bertz CT molecular complexity index is 782. The zero-order valence-electron chi connectivity index (χ0n) is 23.3. The summed E-state index contributed by atoms with van der Waals surface area (Å²) in [4.78, 5) is 0. The van der Waals surface area contributed by atoms with Crippen LogP contribution in [0.25, 0.3) is 0 Å².